The molecule has 0 saturated carbocycles. The molecule has 1 amide bonds. The lowest BCUT2D eigenvalue weighted by atomic mass is 10.2. The first-order valence-corrected chi connectivity index (χ1v) is 6.25. The fraction of sp³-hybridized carbons (Fsp3) is 0.615. The highest BCUT2D eigenvalue weighted by atomic mass is 16.5. The highest BCUT2D eigenvalue weighted by Crippen LogP contribution is 2.13. The van der Waals surface area contributed by atoms with Gasteiger partial charge in [0.2, 0.25) is 5.91 Å². The molecule has 2 atom stereocenters. The van der Waals surface area contributed by atoms with Gasteiger partial charge in [-0.05, 0) is 19.1 Å². The summed E-state index contributed by atoms with van der Waals surface area (Å²) in [7, 11) is 0. The second kappa shape index (κ2) is 6.02. The number of aliphatic hydroxyl groups excluding tert-OH is 1. The first-order valence-electron chi connectivity index (χ1n) is 6.25. The molecule has 1 fully saturated rings. The quantitative estimate of drug-likeness (QED) is 0.863. The van der Waals surface area contributed by atoms with Crippen LogP contribution in [0.5, 0.6) is 0 Å². The van der Waals surface area contributed by atoms with Crippen LogP contribution in [0.4, 0.5) is 0 Å². The Bertz CT molecular complexity index is 376. The standard InChI is InChI=1S/C13H19NO4/c1-10-7-14(8-12(9-15)18-10)13(16)5-4-11-3-2-6-17-11/h2-3,6,10,12,15H,4-5,7-9H2,1H3. The Morgan fingerprint density at radius 3 is 3.06 bits per heavy atom. The Kier molecular flexibility index (Phi) is 4.38. The summed E-state index contributed by atoms with van der Waals surface area (Å²) in [5.41, 5.74) is 0. The van der Waals surface area contributed by atoms with Crippen molar-refractivity contribution in [2.75, 3.05) is 19.7 Å². The molecular weight excluding hydrogens is 234 g/mol. The number of ether oxygens (including phenoxy) is 1. The summed E-state index contributed by atoms with van der Waals surface area (Å²) in [5, 5.41) is 9.11. The van der Waals surface area contributed by atoms with E-state index in [4.69, 9.17) is 14.3 Å². The third kappa shape index (κ3) is 3.34. The van der Waals surface area contributed by atoms with Crippen LogP contribution in [0.15, 0.2) is 22.8 Å². The van der Waals surface area contributed by atoms with Crippen LogP contribution in [-0.2, 0) is 16.0 Å². The number of hydrogen-bond acceptors (Lipinski definition) is 4. The second-order valence-corrected chi connectivity index (χ2v) is 4.63. The van der Waals surface area contributed by atoms with Gasteiger partial charge in [-0.15, -0.1) is 0 Å². The van der Waals surface area contributed by atoms with E-state index >= 15 is 0 Å². The summed E-state index contributed by atoms with van der Waals surface area (Å²) in [4.78, 5) is 13.8. The van der Waals surface area contributed by atoms with Crippen molar-refractivity contribution in [1.29, 1.82) is 0 Å². The Hall–Kier alpha value is -1.33. The summed E-state index contributed by atoms with van der Waals surface area (Å²) in [5.74, 6) is 0.906. The summed E-state index contributed by atoms with van der Waals surface area (Å²) >= 11 is 0. The van der Waals surface area contributed by atoms with Gasteiger partial charge in [-0.25, -0.2) is 0 Å². The van der Waals surface area contributed by atoms with Crippen LogP contribution in [0.25, 0.3) is 0 Å². The van der Waals surface area contributed by atoms with Gasteiger partial charge in [0.25, 0.3) is 0 Å². The van der Waals surface area contributed by atoms with Gasteiger partial charge in [0.05, 0.1) is 25.1 Å². The summed E-state index contributed by atoms with van der Waals surface area (Å²) in [6.07, 6.45) is 2.36. The Balaban J connectivity index is 1.84. The first kappa shape index (κ1) is 13.1. The van der Waals surface area contributed by atoms with E-state index in [1.165, 1.54) is 0 Å². The van der Waals surface area contributed by atoms with Crippen molar-refractivity contribution in [3.8, 4) is 0 Å². The molecule has 1 aromatic rings. The van der Waals surface area contributed by atoms with E-state index in [0.29, 0.717) is 25.9 Å². The molecule has 0 aromatic carbocycles. The van der Waals surface area contributed by atoms with Crippen molar-refractivity contribution in [3.05, 3.63) is 24.2 Å². The highest BCUT2D eigenvalue weighted by Gasteiger charge is 2.27. The topological polar surface area (TPSA) is 62.9 Å². The fourth-order valence-electron chi connectivity index (χ4n) is 2.19. The van der Waals surface area contributed by atoms with Crippen LogP contribution in [0, 0.1) is 0 Å². The van der Waals surface area contributed by atoms with Crippen molar-refractivity contribution in [2.45, 2.75) is 32.0 Å². The Morgan fingerprint density at radius 2 is 2.39 bits per heavy atom. The summed E-state index contributed by atoms with van der Waals surface area (Å²) in [6, 6.07) is 3.68. The number of amides is 1. The molecule has 0 radical (unpaired) electrons. The summed E-state index contributed by atoms with van der Waals surface area (Å²) in [6.45, 7) is 2.92. The molecule has 1 aliphatic rings. The molecule has 5 nitrogen and oxygen atoms in total. The number of nitrogens with zero attached hydrogens (tertiary/aromatic N) is 1. The molecule has 2 heterocycles. The number of aliphatic hydroxyl groups is 1. The maximum atomic E-state index is 12.0. The van der Waals surface area contributed by atoms with Crippen molar-refractivity contribution in [2.24, 2.45) is 0 Å². The number of carbonyl (C=O) groups excluding carboxylic acids is 1. The zero-order valence-electron chi connectivity index (χ0n) is 10.5. The minimum Gasteiger partial charge on any atom is -0.469 e. The van der Waals surface area contributed by atoms with E-state index in [1.54, 1.807) is 11.2 Å². The molecule has 0 bridgehead atoms. The highest BCUT2D eigenvalue weighted by molar-refractivity contribution is 5.76. The monoisotopic (exact) mass is 253 g/mol. The normalized spacial score (nSPS) is 24.2. The molecule has 1 N–H and O–H groups in total. The van der Waals surface area contributed by atoms with E-state index < -0.39 is 0 Å². The van der Waals surface area contributed by atoms with Crippen LogP contribution in [-0.4, -0.2) is 47.8 Å². The fourth-order valence-corrected chi connectivity index (χ4v) is 2.19. The largest absolute Gasteiger partial charge is 0.469 e. The van der Waals surface area contributed by atoms with Crippen LogP contribution >= 0.6 is 0 Å². The third-order valence-corrected chi connectivity index (χ3v) is 3.05. The lowest BCUT2D eigenvalue weighted by Crippen LogP contribution is -2.50. The number of aryl methyl sites for hydroxylation is 1. The van der Waals surface area contributed by atoms with E-state index in [0.717, 1.165) is 5.76 Å². The van der Waals surface area contributed by atoms with Crippen molar-refractivity contribution in [1.82, 2.24) is 4.90 Å². The zero-order valence-corrected chi connectivity index (χ0v) is 10.5. The minimum atomic E-state index is -0.263. The van der Waals surface area contributed by atoms with Gasteiger partial charge < -0.3 is 19.2 Å². The average molecular weight is 253 g/mol. The van der Waals surface area contributed by atoms with Crippen molar-refractivity contribution < 1.29 is 19.1 Å². The first-order chi connectivity index (χ1) is 8.69. The van der Waals surface area contributed by atoms with Gasteiger partial charge in [-0.2, -0.15) is 0 Å². The molecular formula is C13H19NO4. The molecule has 5 heteroatoms. The molecule has 1 saturated heterocycles. The average Bonchev–Trinajstić information content (AvgIpc) is 2.88. The van der Waals surface area contributed by atoms with E-state index in [9.17, 15) is 4.79 Å². The number of rotatable bonds is 4. The van der Waals surface area contributed by atoms with E-state index in [2.05, 4.69) is 0 Å². The molecule has 2 unspecified atom stereocenters. The third-order valence-electron chi connectivity index (χ3n) is 3.05. The lowest BCUT2D eigenvalue weighted by Gasteiger charge is -2.36. The van der Waals surface area contributed by atoms with Crippen LogP contribution in [0.2, 0.25) is 0 Å². The predicted octanol–water partition coefficient (Wildman–Crippen LogP) is 0.820. The van der Waals surface area contributed by atoms with Crippen LogP contribution in [0.3, 0.4) is 0 Å². The Labute approximate surface area is 106 Å². The number of morpholine rings is 1. The van der Waals surface area contributed by atoms with Gasteiger partial charge in [0.1, 0.15) is 5.76 Å². The maximum absolute atomic E-state index is 12.0. The Morgan fingerprint density at radius 1 is 1.56 bits per heavy atom. The summed E-state index contributed by atoms with van der Waals surface area (Å²) < 4.78 is 10.7. The molecule has 2 rings (SSSR count). The molecule has 18 heavy (non-hydrogen) atoms. The SMILES string of the molecule is CC1CN(C(=O)CCc2ccco2)CC(CO)O1. The number of hydrogen-bond donors (Lipinski definition) is 1. The predicted molar refractivity (Wildman–Crippen MR) is 65.0 cm³/mol. The van der Waals surface area contributed by atoms with Gasteiger partial charge in [0, 0.05) is 25.9 Å². The molecule has 0 aliphatic carbocycles. The van der Waals surface area contributed by atoms with Gasteiger partial charge in [0.15, 0.2) is 0 Å². The number of carbonyl (C=O) groups is 1. The van der Waals surface area contributed by atoms with Crippen LogP contribution < -0.4 is 0 Å². The van der Waals surface area contributed by atoms with E-state index in [-0.39, 0.29) is 24.7 Å². The maximum Gasteiger partial charge on any atom is 0.223 e. The number of furan rings is 1. The van der Waals surface area contributed by atoms with Crippen molar-refractivity contribution in [3.63, 3.8) is 0 Å². The molecule has 0 spiro atoms. The smallest absolute Gasteiger partial charge is 0.223 e. The molecule has 1 aromatic heterocycles. The molecule has 1 aliphatic heterocycles. The van der Waals surface area contributed by atoms with Gasteiger partial charge in [-0.1, -0.05) is 0 Å². The van der Waals surface area contributed by atoms with Gasteiger partial charge >= 0.3 is 0 Å². The van der Waals surface area contributed by atoms with E-state index in [1.807, 2.05) is 19.1 Å². The molecule has 100 valence electrons. The lowest BCUT2D eigenvalue weighted by molar-refractivity contribution is -0.147. The van der Waals surface area contributed by atoms with Crippen LogP contribution in [0.1, 0.15) is 19.1 Å². The second-order valence-electron chi connectivity index (χ2n) is 4.63. The zero-order chi connectivity index (χ0) is 13.0. The minimum absolute atomic E-state index is 0.0246. The van der Waals surface area contributed by atoms with Gasteiger partial charge in [-0.3, -0.25) is 4.79 Å². The van der Waals surface area contributed by atoms with Crippen molar-refractivity contribution >= 4 is 5.91 Å².